The maximum absolute atomic E-state index is 6.72. The first-order valence-corrected chi connectivity index (χ1v) is 14.6. The predicted octanol–water partition coefficient (Wildman–Crippen LogP) is 1.73. The Balaban J connectivity index is 0.00000294. The molecular weight excluding hydrogens is 602 g/mol. The molecule has 6 heteroatoms. The topological polar surface area (TPSA) is 38.5 Å². The average Bonchev–Trinajstić information content (AvgIpc) is 3.40. The van der Waals surface area contributed by atoms with E-state index in [1.54, 1.807) is 0 Å². The molecule has 1 aliphatic heterocycles. The highest BCUT2D eigenvalue weighted by molar-refractivity contribution is 8.01. The lowest BCUT2D eigenvalue weighted by atomic mass is 10.2. The summed E-state index contributed by atoms with van der Waals surface area (Å²) in [5.41, 5.74) is 2.22. The zero-order valence-electron chi connectivity index (χ0n) is 21.1. The molecular formula is C32H30IN2O2P. The third-order valence-corrected chi connectivity index (χ3v) is 11.0. The molecule has 0 atom stereocenters. The highest BCUT2D eigenvalue weighted by atomic mass is 127. The molecule has 6 rings (SSSR count). The molecule has 0 N–H and O–H groups in total. The van der Waals surface area contributed by atoms with Crippen molar-refractivity contribution in [1.82, 2.24) is 4.98 Å². The lowest BCUT2D eigenvalue weighted by molar-refractivity contribution is -0.00000853. The van der Waals surface area contributed by atoms with E-state index in [4.69, 9.17) is 14.1 Å². The monoisotopic (exact) mass is 632 g/mol. The highest BCUT2D eigenvalue weighted by Crippen LogP contribution is 2.56. The Morgan fingerprint density at radius 1 is 0.632 bits per heavy atom. The number of oxazole rings is 1. The number of hydrogen-bond acceptors (Lipinski definition) is 4. The maximum Gasteiger partial charge on any atom is 0.261 e. The van der Waals surface area contributed by atoms with Crippen molar-refractivity contribution in [2.24, 2.45) is 0 Å². The molecule has 0 bridgehead atoms. The Hall–Kier alpha value is -2.99. The molecule has 38 heavy (non-hydrogen) atoms. The minimum absolute atomic E-state index is 0. The van der Waals surface area contributed by atoms with Crippen LogP contribution in [-0.4, -0.2) is 31.3 Å². The Morgan fingerprint density at radius 3 is 1.55 bits per heavy atom. The molecule has 0 amide bonds. The van der Waals surface area contributed by atoms with E-state index in [0.717, 1.165) is 30.3 Å². The van der Waals surface area contributed by atoms with Gasteiger partial charge in [0.05, 0.1) is 13.2 Å². The number of anilines is 1. The summed E-state index contributed by atoms with van der Waals surface area (Å²) in [5.74, 6) is 1.62. The number of hydrogen-bond donors (Lipinski definition) is 0. The summed E-state index contributed by atoms with van der Waals surface area (Å²) in [4.78, 5) is 7.71. The minimum Gasteiger partial charge on any atom is -1.00 e. The molecule has 1 aromatic heterocycles. The molecule has 4 nitrogen and oxygen atoms in total. The molecule has 0 aliphatic carbocycles. The van der Waals surface area contributed by atoms with Gasteiger partial charge in [0.1, 0.15) is 15.9 Å². The van der Waals surface area contributed by atoms with Crippen LogP contribution in [0.3, 0.4) is 0 Å². The zero-order valence-corrected chi connectivity index (χ0v) is 24.2. The minimum atomic E-state index is -2.38. The van der Waals surface area contributed by atoms with Gasteiger partial charge in [0, 0.05) is 19.5 Å². The van der Waals surface area contributed by atoms with Gasteiger partial charge in [-0.1, -0.05) is 84.9 Å². The second kappa shape index (κ2) is 12.2. The summed E-state index contributed by atoms with van der Waals surface area (Å²) in [5, 5.41) is 3.80. The molecule has 192 valence electrons. The van der Waals surface area contributed by atoms with Crippen LogP contribution in [0, 0.1) is 0 Å². The molecule has 0 saturated carbocycles. The van der Waals surface area contributed by atoms with Crippen molar-refractivity contribution >= 4 is 34.5 Å². The van der Waals surface area contributed by atoms with Crippen molar-refractivity contribution < 1.29 is 33.1 Å². The van der Waals surface area contributed by atoms with Crippen LogP contribution in [0.25, 0.3) is 0 Å². The fourth-order valence-electron chi connectivity index (χ4n) is 5.15. The van der Waals surface area contributed by atoms with Crippen LogP contribution >= 0.6 is 7.26 Å². The number of morpholine rings is 1. The average molecular weight is 632 g/mol. The van der Waals surface area contributed by atoms with Gasteiger partial charge in [-0.3, -0.25) is 0 Å². The van der Waals surface area contributed by atoms with Crippen molar-refractivity contribution in [2.45, 2.75) is 6.42 Å². The Bertz CT molecular complexity index is 1330. The lowest BCUT2D eigenvalue weighted by Crippen LogP contribution is -3.00. The van der Waals surface area contributed by atoms with Gasteiger partial charge in [-0.2, -0.15) is 4.98 Å². The number of benzene rings is 4. The summed E-state index contributed by atoms with van der Waals surface area (Å²) in [6.07, 6.45) is 0.649. The lowest BCUT2D eigenvalue weighted by Gasteiger charge is -2.30. The second-order valence-electron chi connectivity index (χ2n) is 9.18. The molecule has 1 saturated heterocycles. The van der Waals surface area contributed by atoms with Gasteiger partial charge in [0.15, 0.2) is 7.26 Å². The summed E-state index contributed by atoms with van der Waals surface area (Å²) in [7, 11) is -2.38. The first kappa shape index (κ1) is 26.6. The molecule has 5 aromatic rings. The summed E-state index contributed by atoms with van der Waals surface area (Å²) < 4.78 is 12.4. The fourth-order valence-corrected chi connectivity index (χ4v) is 9.37. The summed E-state index contributed by atoms with van der Waals surface area (Å²) in [6, 6.07) is 43.0. The highest BCUT2D eigenvalue weighted by Gasteiger charge is 2.53. The summed E-state index contributed by atoms with van der Waals surface area (Å²) >= 11 is 0. The van der Waals surface area contributed by atoms with Crippen LogP contribution in [-0.2, 0) is 11.2 Å². The SMILES string of the molecule is [I-].c1ccc(Cc2nc([P+](c3ccccc3)(c3ccccc3)c3ccccc3)c(N3CCOCC3)o2)cc1. The van der Waals surface area contributed by atoms with E-state index in [1.165, 1.54) is 21.5 Å². The van der Waals surface area contributed by atoms with E-state index in [-0.39, 0.29) is 24.0 Å². The van der Waals surface area contributed by atoms with E-state index in [1.807, 2.05) is 6.07 Å². The van der Waals surface area contributed by atoms with Crippen molar-refractivity contribution in [3.05, 3.63) is 133 Å². The van der Waals surface area contributed by atoms with E-state index in [0.29, 0.717) is 19.6 Å². The molecule has 0 spiro atoms. The van der Waals surface area contributed by atoms with E-state index < -0.39 is 7.26 Å². The van der Waals surface area contributed by atoms with E-state index >= 15 is 0 Å². The van der Waals surface area contributed by atoms with E-state index in [2.05, 4.69) is 120 Å². The standard InChI is InChI=1S/C32H30N2O2P.HI/c1-5-13-26(14-6-1)25-30-33-31(32(36-30)34-21-23-35-24-22-34)37(27-15-7-2-8-16-27,28-17-9-3-10-18-28)29-19-11-4-12-20-29;/h1-20H,21-25H2;1H/q+1;/p-1. The Kier molecular flexibility index (Phi) is 8.58. The largest absolute Gasteiger partial charge is 1.00 e. The molecule has 1 aliphatic rings. The third-order valence-electron chi connectivity index (χ3n) is 6.88. The third kappa shape index (κ3) is 5.15. The van der Waals surface area contributed by atoms with Gasteiger partial charge in [-0.15, -0.1) is 0 Å². The predicted molar refractivity (Wildman–Crippen MR) is 154 cm³/mol. The van der Waals surface area contributed by atoms with Crippen LogP contribution < -0.4 is 50.2 Å². The number of aromatic nitrogens is 1. The van der Waals surface area contributed by atoms with Gasteiger partial charge >= 0.3 is 0 Å². The number of nitrogens with zero attached hydrogens (tertiary/aromatic N) is 2. The van der Waals surface area contributed by atoms with Gasteiger partial charge in [-0.25, -0.2) is 0 Å². The van der Waals surface area contributed by atoms with Crippen LogP contribution in [0.1, 0.15) is 11.5 Å². The first-order valence-electron chi connectivity index (χ1n) is 12.8. The van der Waals surface area contributed by atoms with Crippen molar-refractivity contribution in [1.29, 1.82) is 0 Å². The smallest absolute Gasteiger partial charge is 0.261 e. The second-order valence-corrected chi connectivity index (χ2v) is 12.5. The molecule has 0 radical (unpaired) electrons. The number of rotatable bonds is 7. The molecule has 4 aromatic carbocycles. The first-order chi connectivity index (χ1) is 18.4. The van der Waals surface area contributed by atoms with Crippen LogP contribution in [0.4, 0.5) is 5.88 Å². The van der Waals surface area contributed by atoms with Crippen LogP contribution in [0.5, 0.6) is 0 Å². The normalized spacial score (nSPS) is 13.6. The fraction of sp³-hybridized carbons (Fsp3) is 0.156. The summed E-state index contributed by atoms with van der Waals surface area (Å²) in [6.45, 7) is 2.93. The zero-order chi connectivity index (χ0) is 24.9. The Labute approximate surface area is 242 Å². The van der Waals surface area contributed by atoms with Gasteiger partial charge < -0.3 is 38.0 Å². The molecule has 1 fully saturated rings. The van der Waals surface area contributed by atoms with Crippen molar-refractivity contribution in [3.8, 4) is 0 Å². The van der Waals surface area contributed by atoms with Crippen LogP contribution in [0.2, 0.25) is 0 Å². The molecule has 0 unspecified atom stereocenters. The van der Waals surface area contributed by atoms with Crippen LogP contribution in [0.15, 0.2) is 126 Å². The van der Waals surface area contributed by atoms with Crippen molar-refractivity contribution in [2.75, 3.05) is 31.2 Å². The van der Waals surface area contributed by atoms with Gasteiger partial charge in [0.25, 0.3) is 11.3 Å². The maximum atomic E-state index is 6.72. The van der Waals surface area contributed by atoms with Gasteiger partial charge in [0.2, 0.25) is 5.89 Å². The Morgan fingerprint density at radius 2 is 1.08 bits per heavy atom. The van der Waals surface area contributed by atoms with E-state index in [9.17, 15) is 0 Å². The molecule has 2 heterocycles. The number of halogens is 1. The van der Waals surface area contributed by atoms with Gasteiger partial charge in [-0.05, 0) is 42.0 Å². The van der Waals surface area contributed by atoms with Crippen molar-refractivity contribution in [3.63, 3.8) is 0 Å². The quantitative estimate of drug-likeness (QED) is 0.203. The number of ether oxygens (including phenoxy) is 1.